The highest BCUT2D eigenvalue weighted by Crippen LogP contribution is 2.33. The zero-order chi connectivity index (χ0) is 16.9. The summed E-state index contributed by atoms with van der Waals surface area (Å²) < 4.78 is 0. The van der Waals surface area contributed by atoms with E-state index in [-0.39, 0.29) is 16.7 Å². The number of pyridine rings is 1. The number of benzene rings is 2. The van der Waals surface area contributed by atoms with Crippen LogP contribution in [0, 0.1) is 10.1 Å². The predicted octanol–water partition coefficient (Wildman–Crippen LogP) is 5.10. The largest absolute Gasteiger partial charge is 0.378 e. The first-order valence-electron chi connectivity index (χ1n) is 8.03. The summed E-state index contributed by atoms with van der Waals surface area (Å²) in [4.78, 5) is 14.9. The van der Waals surface area contributed by atoms with Crippen LogP contribution in [0.4, 0.5) is 11.4 Å². The minimum atomic E-state index is -0.367. The Labute approximate surface area is 140 Å². The van der Waals surface area contributed by atoms with E-state index in [1.807, 2.05) is 24.3 Å². The van der Waals surface area contributed by atoms with Crippen molar-refractivity contribution in [3.63, 3.8) is 0 Å². The second kappa shape index (κ2) is 7.08. The fraction of sp³-hybridized carbons (Fsp3) is 0.211. The molecule has 1 atom stereocenters. The Balaban J connectivity index is 2.03. The maximum atomic E-state index is 11.2. The summed E-state index contributed by atoms with van der Waals surface area (Å²) in [7, 11) is 0. The number of hydrogen-bond donors (Lipinski definition) is 1. The summed E-state index contributed by atoms with van der Waals surface area (Å²) in [6, 6.07) is 15.6. The Morgan fingerprint density at radius 2 is 1.92 bits per heavy atom. The van der Waals surface area contributed by atoms with Crippen molar-refractivity contribution in [3.05, 3.63) is 76.6 Å². The molecule has 3 aromatic rings. The quantitative estimate of drug-likeness (QED) is 0.507. The molecule has 0 fully saturated rings. The molecule has 0 aliphatic heterocycles. The average Bonchev–Trinajstić information content (AvgIpc) is 2.62. The van der Waals surface area contributed by atoms with Gasteiger partial charge in [-0.3, -0.25) is 15.1 Å². The summed E-state index contributed by atoms with van der Waals surface area (Å²) >= 11 is 0. The first kappa shape index (κ1) is 15.9. The number of aromatic nitrogens is 1. The number of hydrogen-bond acceptors (Lipinski definition) is 4. The van der Waals surface area contributed by atoms with Crippen LogP contribution in [0.3, 0.4) is 0 Å². The summed E-state index contributed by atoms with van der Waals surface area (Å²) in [6.45, 7) is 2.15. The van der Waals surface area contributed by atoms with Crippen LogP contribution < -0.4 is 5.32 Å². The molecule has 1 unspecified atom stereocenters. The standard InChI is InChI=1S/C19H19N3O2/c1-2-6-17(14-7-4-3-5-8-14)21-18-9-10-19(22(23)24)16-13-20-12-11-15(16)18/h3-5,7-13,17,21H,2,6H2,1H3. The number of non-ortho nitro benzene ring substituents is 1. The lowest BCUT2D eigenvalue weighted by Gasteiger charge is -2.21. The van der Waals surface area contributed by atoms with E-state index in [9.17, 15) is 10.1 Å². The molecule has 1 aromatic heterocycles. The number of anilines is 1. The zero-order valence-electron chi connectivity index (χ0n) is 13.5. The van der Waals surface area contributed by atoms with E-state index in [1.165, 1.54) is 5.56 Å². The number of fused-ring (bicyclic) bond motifs is 1. The average molecular weight is 321 g/mol. The van der Waals surface area contributed by atoms with Gasteiger partial charge in [0.15, 0.2) is 0 Å². The van der Waals surface area contributed by atoms with E-state index in [4.69, 9.17) is 0 Å². The van der Waals surface area contributed by atoms with Gasteiger partial charge in [0, 0.05) is 29.5 Å². The molecule has 24 heavy (non-hydrogen) atoms. The van der Waals surface area contributed by atoms with Gasteiger partial charge in [-0.25, -0.2) is 0 Å². The van der Waals surface area contributed by atoms with Gasteiger partial charge >= 0.3 is 0 Å². The number of nitro groups is 1. The number of rotatable bonds is 6. The lowest BCUT2D eigenvalue weighted by atomic mass is 10.0. The number of nitrogens with one attached hydrogen (secondary N) is 1. The van der Waals surface area contributed by atoms with Crippen molar-refractivity contribution in [2.45, 2.75) is 25.8 Å². The van der Waals surface area contributed by atoms with Crippen LogP contribution in [0.2, 0.25) is 0 Å². The van der Waals surface area contributed by atoms with E-state index in [1.54, 1.807) is 24.5 Å². The molecule has 0 saturated carbocycles. The smallest absolute Gasteiger partial charge is 0.278 e. The summed E-state index contributed by atoms with van der Waals surface area (Å²) in [5.74, 6) is 0. The Morgan fingerprint density at radius 1 is 1.12 bits per heavy atom. The lowest BCUT2D eigenvalue weighted by molar-refractivity contribution is -0.383. The first-order valence-corrected chi connectivity index (χ1v) is 8.03. The van der Waals surface area contributed by atoms with Crippen molar-refractivity contribution in [2.75, 3.05) is 5.32 Å². The van der Waals surface area contributed by atoms with Crippen LogP contribution in [-0.2, 0) is 0 Å². The Kier molecular flexibility index (Phi) is 4.70. The molecular formula is C19H19N3O2. The van der Waals surface area contributed by atoms with Crippen molar-refractivity contribution < 1.29 is 4.92 Å². The Bertz CT molecular complexity index is 850. The molecule has 0 amide bonds. The zero-order valence-corrected chi connectivity index (χ0v) is 13.5. The number of nitrogens with zero attached hydrogens (tertiary/aromatic N) is 2. The molecule has 5 nitrogen and oxygen atoms in total. The van der Waals surface area contributed by atoms with E-state index in [2.05, 4.69) is 29.4 Å². The fourth-order valence-electron chi connectivity index (χ4n) is 2.94. The summed E-state index contributed by atoms with van der Waals surface area (Å²) in [5, 5.41) is 16.2. The van der Waals surface area contributed by atoms with Gasteiger partial charge in [-0.15, -0.1) is 0 Å². The monoisotopic (exact) mass is 321 g/mol. The van der Waals surface area contributed by atoms with Crippen LogP contribution in [0.25, 0.3) is 10.8 Å². The van der Waals surface area contributed by atoms with Gasteiger partial charge < -0.3 is 5.32 Å². The van der Waals surface area contributed by atoms with Crippen LogP contribution in [0.5, 0.6) is 0 Å². The maximum absolute atomic E-state index is 11.2. The Morgan fingerprint density at radius 3 is 2.62 bits per heavy atom. The van der Waals surface area contributed by atoms with Crippen molar-refractivity contribution in [1.29, 1.82) is 0 Å². The molecule has 0 spiro atoms. The normalized spacial score (nSPS) is 12.0. The molecule has 0 bridgehead atoms. The van der Waals surface area contributed by atoms with Crippen molar-refractivity contribution >= 4 is 22.1 Å². The van der Waals surface area contributed by atoms with E-state index in [0.717, 1.165) is 23.9 Å². The van der Waals surface area contributed by atoms with Crippen molar-refractivity contribution in [1.82, 2.24) is 4.98 Å². The van der Waals surface area contributed by atoms with Gasteiger partial charge in [0.1, 0.15) is 0 Å². The molecule has 3 rings (SSSR count). The highest BCUT2D eigenvalue weighted by atomic mass is 16.6. The molecule has 1 heterocycles. The van der Waals surface area contributed by atoms with Gasteiger partial charge in [0.25, 0.3) is 5.69 Å². The third-order valence-corrected chi connectivity index (χ3v) is 4.10. The topological polar surface area (TPSA) is 68.1 Å². The molecule has 122 valence electrons. The summed E-state index contributed by atoms with van der Waals surface area (Å²) in [6.07, 6.45) is 5.23. The Hall–Kier alpha value is -2.95. The maximum Gasteiger partial charge on any atom is 0.278 e. The molecule has 0 aliphatic rings. The molecule has 0 aliphatic carbocycles. The first-order chi connectivity index (χ1) is 11.7. The van der Waals surface area contributed by atoms with E-state index in [0.29, 0.717) is 5.39 Å². The third kappa shape index (κ3) is 3.20. The molecule has 1 N–H and O–H groups in total. The van der Waals surface area contributed by atoms with Gasteiger partial charge in [0.2, 0.25) is 0 Å². The van der Waals surface area contributed by atoms with Gasteiger partial charge in [0.05, 0.1) is 16.4 Å². The van der Waals surface area contributed by atoms with E-state index < -0.39 is 0 Å². The van der Waals surface area contributed by atoms with Crippen LogP contribution in [0.1, 0.15) is 31.4 Å². The predicted molar refractivity (Wildman–Crippen MR) is 96.1 cm³/mol. The molecule has 5 heteroatoms. The molecule has 0 saturated heterocycles. The highest BCUT2D eigenvalue weighted by Gasteiger charge is 2.17. The second-order valence-electron chi connectivity index (χ2n) is 5.71. The molecule has 2 aromatic carbocycles. The van der Waals surface area contributed by atoms with Crippen LogP contribution in [-0.4, -0.2) is 9.91 Å². The third-order valence-electron chi connectivity index (χ3n) is 4.10. The van der Waals surface area contributed by atoms with Gasteiger partial charge in [-0.1, -0.05) is 43.7 Å². The van der Waals surface area contributed by atoms with Crippen molar-refractivity contribution in [2.24, 2.45) is 0 Å². The molecular weight excluding hydrogens is 302 g/mol. The fourth-order valence-corrected chi connectivity index (χ4v) is 2.94. The van der Waals surface area contributed by atoms with Gasteiger partial charge in [-0.05, 0) is 24.1 Å². The van der Waals surface area contributed by atoms with E-state index >= 15 is 0 Å². The highest BCUT2D eigenvalue weighted by molar-refractivity contribution is 5.99. The van der Waals surface area contributed by atoms with Crippen LogP contribution in [0.15, 0.2) is 60.9 Å². The summed E-state index contributed by atoms with van der Waals surface area (Å²) in [5.41, 5.74) is 2.18. The number of nitro benzene ring substituents is 1. The minimum absolute atomic E-state index is 0.0791. The van der Waals surface area contributed by atoms with Gasteiger partial charge in [-0.2, -0.15) is 0 Å². The van der Waals surface area contributed by atoms with Crippen LogP contribution >= 0.6 is 0 Å². The second-order valence-corrected chi connectivity index (χ2v) is 5.71. The lowest BCUT2D eigenvalue weighted by Crippen LogP contribution is -2.11. The van der Waals surface area contributed by atoms with Crippen molar-refractivity contribution in [3.8, 4) is 0 Å². The minimum Gasteiger partial charge on any atom is -0.378 e. The molecule has 0 radical (unpaired) electrons. The SMILES string of the molecule is CCCC(Nc1ccc([N+](=O)[O-])c2cnccc12)c1ccccc1.